The van der Waals surface area contributed by atoms with Crippen LogP contribution < -0.4 is 10.6 Å². The summed E-state index contributed by atoms with van der Waals surface area (Å²) in [5.41, 5.74) is 2.66. The summed E-state index contributed by atoms with van der Waals surface area (Å²) < 4.78 is 0. The van der Waals surface area contributed by atoms with Crippen LogP contribution in [-0.2, 0) is 22.7 Å². The summed E-state index contributed by atoms with van der Waals surface area (Å²) in [6.45, 7) is 1.80. The Morgan fingerprint density at radius 1 is 1.04 bits per heavy atom. The number of amides is 2. The Morgan fingerprint density at radius 3 is 2.43 bits per heavy atom. The van der Waals surface area contributed by atoms with Gasteiger partial charge in [-0.15, -0.1) is 0 Å². The molecule has 6 heteroatoms. The molecule has 2 amide bonds. The fraction of sp³-hybridized carbons (Fsp3) is 0.176. The fourth-order valence-corrected chi connectivity index (χ4v) is 2.24. The minimum atomic E-state index is -0.767. The van der Waals surface area contributed by atoms with Gasteiger partial charge in [0.05, 0.1) is 6.61 Å². The van der Waals surface area contributed by atoms with Crippen molar-refractivity contribution in [1.29, 1.82) is 0 Å². The van der Waals surface area contributed by atoms with Crippen LogP contribution in [0.2, 0.25) is 5.02 Å². The van der Waals surface area contributed by atoms with Crippen LogP contribution >= 0.6 is 11.6 Å². The molecule has 0 bridgehead atoms. The maximum atomic E-state index is 11.9. The SMILES string of the molecule is Cc1c(Cl)cccc1NC(=O)C(=O)NCc1ccccc1CO. The molecule has 0 radical (unpaired) electrons. The van der Waals surface area contributed by atoms with Gasteiger partial charge in [-0.1, -0.05) is 41.9 Å². The molecule has 0 atom stereocenters. The fourth-order valence-electron chi connectivity index (χ4n) is 2.06. The number of aliphatic hydroxyl groups excluding tert-OH is 1. The number of halogens is 1. The second kappa shape index (κ2) is 7.76. The molecule has 0 aromatic heterocycles. The van der Waals surface area contributed by atoms with Crippen molar-refractivity contribution in [3.05, 3.63) is 64.2 Å². The van der Waals surface area contributed by atoms with Crippen LogP contribution in [0.3, 0.4) is 0 Å². The van der Waals surface area contributed by atoms with Gasteiger partial charge >= 0.3 is 11.8 Å². The molecule has 5 nitrogen and oxygen atoms in total. The highest BCUT2D eigenvalue weighted by Crippen LogP contribution is 2.22. The number of benzene rings is 2. The lowest BCUT2D eigenvalue weighted by Gasteiger charge is -2.11. The minimum Gasteiger partial charge on any atom is -0.392 e. The van der Waals surface area contributed by atoms with Crippen LogP contribution in [0, 0.1) is 6.92 Å². The van der Waals surface area contributed by atoms with Gasteiger partial charge in [-0.2, -0.15) is 0 Å². The lowest BCUT2D eigenvalue weighted by Crippen LogP contribution is -2.35. The number of hydrogen-bond donors (Lipinski definition) is 3. The molecular weight excluding hydrogens is 316 g/mol. The Morgan fingerprint density at radius 2 is 1.74 bits per heavy atom. The smallest absolute Gasteiger partial charge is 0.313 e. The zero-order valence-electron chi connectivity index (χ0n) is 12.6. The van der Waals surface area contributed by atoms with Crippen LogP contribution in [0.5, 0.6) is 0 Å². The van der Waals surface area contributed by atoms with Crippen molar-refractivity contribution < 1.29 is 14.7 Å². The van der Waals surface area contributed by atoms with Gasteiger partial charge in [0.25, 0.3) is 0 Å². The first kappa shape index (κ1) is 17.0. The molecule has 2 aromatic rings. The summed E-state index contributed by atoms with van der Waals surface area (Å²) in [6.07, 6.45) is 0. The van der Waals surface area contributed by atoms with E-state index in [4.69, 9.17) is 11.6 Å². The Balaban J connectivity index is 1.98. The lowest BCUT2D eigenvalue weighted by atomic mass is 10.1. The molecule has 2 rings (SSSR count). The third-order valence-corrected chi connectivity index (χ3v) is 3.86. The maximum Gasteiger partial charge on any atom is 0.313 e. The first-order valence-electron chi connectivity index (χ1n) is 7.05. The van der Waals surface area contributed by atoms with Gasteiger partial charge in [0.2, 0.25) is 0 Å². The van der Waals surface area contributed by atoms with Gasteiger partial charge < -0.3 is 15.7 Å². The second-order valence-corrected chi connectivity index (χ2v) is 5.38. The van der Waals surface area contributed by atoms with E-state index >= 15 is 0 Å². The Bertz CT molecular complexity index is 732. The average molecular weight is 333 g/mol. The predicted molar refractivity (Wildman–Crippen MR) is 89.0 cm³/mol. The molecule has 0 unspecified atom stereocenters. The molecule has 0 fully saturated rings. The first-order valence-corrected chi connectivity index (χ1v) is 7.42. The van der Waals surface area contributed by atoms with E-state index in [9.17, 15) is 14.7 Å². The number of nitrogens with one attached hydrogen (secondary N) is 2. The molecule has 120 valence electrons. The minimum absolute atomic E-state index is 0.125. The van der Waals surface area contributed by atoms with E-state index in [0.717, 1.165) is 5.56 Å². The molecule has 0 aliphatic carbocycles. The van der Waals surface area contributed by atoms with Crippen LogP contribution in [0.1, 0.15) is 16.7 Å². The highest BCUT2D eigenvalue weighted by atomic mass is 35.5. The molecule has 0 aliphatic heterocycles. The van der Waals surface area contributed by atoms with Gasteiger partial charge in [-0.25, -0.2) is 0 Å². The van der Waals surface area contributed by atoms with Crippen LogP contribution in [0.4, 0.5) is 5.69 Å². The summed E-state index contributed by atoms with van der Waals surface area (Å²) >= 11 is 5.98. The van der Waals surface area contributed by atoms with Crippen LogP contribution in [-0.4, -0.2) is 16.9 Å². The first-order chi connectivity index (χ1) is 11.0. The maximum absolute atomic E-state index is 11.9. The summed E-state index contributed by atoms with van der Waals surface area (Å²) in [6, 6.07) is 12.2. The van der Waals surface area contributed by atoms with E-state index < -0.39 is 11.8 Å². The van der Waals surface area contributed by atoms with Crippen LogP contribution in [0.15, 0.2) is 42.5 Å². The highest BCUT2D eigenvalue weighted by Gasteiger charge is 2.15. The molecule has 0 saturated carbocycles. The summed E-state index contributed by atoms with van der Waals surface area (Å²) in [5, 5.41) is 14.8. The molecule has 0 aliphatic rings. The number of carbonyl (C=O) groups is 2. The molecular formula is C17H17ClN2O3. The zero-order chi connectivity index (χ0) is 16.8. The number of hydrogen-bond acceptors (Lipinski definition) is 3. The second-order valence-electron chi connectivity index (χ2n) is 4.98. The molecule has 0 saturated heterocycles. The van der Waals surface area contributed by atoms with E-state index in [2.05, 4.69) is 10.6 Å². The third-order valence-electron chi connectivity index (χ3n) is 3.45. The molecule has 3 N–H and O–H groups in total. The molecule has 23 heavy (non-hydrogen) atoms. The summed E-state index contributed by atoms with van der Waals surface area (Å²) in [7, 11) is 0. The lowest BCUT2D eigenvalue weighted by molar-refractivity contribution is -0.136. The Hall–Kier alpha value is -2.37. The van der Waals surface area contributed by atoms with Gasteiger partial charge in [0, 0.05) is 17.3 Å². The average Bonchev–Trinajstić information content (AvgIpc) is 2.57. The predicted octanol–water partition coefficient (Wildman–Crippen LogP) is 2.40. The largest absolute Gasteiger partial charge is 0.392 e. The molecule has 0 heterocycles. The number of carbonyl (C=O) groups excluding carboxylic acids is 2. The number of aliphatic hydroxyl groups is 1. The Kier molecular flexibility index (Phi) is 5.73. The van der Waals surface area contributed by atoms with Crippen molar-refractivity contribution in [3.63, 3.8) is 0 Å². The van der Waals surface area contributed by atoms with Gasteiger partial charge in [-0.3, -0.25) is 9.59 Å². The Labute approximate surface area is 139 Å². The van der Waals surface area contributed by atoms with Crippen molar-refractivity contribution in [1.82, 2.24) is 5.32 Å². The van der Waals surface area contributed by atoms with E-state index in [-0.39, 0.29) is 13.2 Å². The summed E-state index contributed by atoms with van der Waals surface area (Å²) in [5.74, 6) is -1.52. The standard InChI is InChI=1S/C17H17ClN2O3/c1-11-14(18)7-4-8-15(11)20-17(23)16(22)19-9-12-5-2-3-6-13(12)10-21/h2-8,21H,9-10H2,1H3,(H,19,22)(H,20,23). The van der Waals surface area contributed by atoms with Crippen LogP contribution in [0.25, 0.3) is 0 Å². The summed E-state index contributed by atoms with van der Waals surface area (Å²) in [4.78, 5) is 23.8. The molecule has 2 aromatic carbocycles. The zero-order valence-corrected chi connectivity index (χ0v) is 13.4. The quantitative estimate of drug-likeness (QED) is 0.752. The van der Waals surface area contributed by atoms with E-state index in [1.807, 2.05) is 0 Å². The van der Waals surface area contributed by atoms with Crippen molar-refractivity contribution in [2.75, 3.05) is 5.32 Å². The van der Waals surface area contributed by atoms with Crippen molar-refractivity contribution in [2.24, 2.45) is 0 Å². The highest BCUT2D eigenvalue weighted by molar-refractivity contribution is 6.40. The number of anilines is 1. The monoisotopic (exact) mass is 332 g/mol. The normalized spacial score (nSPS) is 10.2. The third kappa shape index (κ3) is 4.31. The van der Waals surface area contributed by atoms with E-state index in [1.54, 1.807) is 49.4 Å². The van der Waals surface area contributed by atoms with Crippen molar-refractivity contribution in [2.45, 2.75) is 20.1 Å². The van der Waals surface area contributed by atoms with Gasteiger partial charge in [-0.05, 0) is 35.7 Å². The van der Waals surface area contributed by atoms with Crippen molar-refractivity contribution in [3.8, 4) is 0 Å². The van der Waals surface area contributed by atoms with Gasteiger partial charge in [0.1, 0.15) is 0 Å². The molecule has 0 spiro atoms. The van der Waals surface area contributed by atoms with Gasteiger partial charge in [0.15, 0.2) is 0 Å². The number of rotatable bonds is 4. The van der Waals surface area contributed by atoms with E-state index in [1.165, 1.54) is 0 Å². The van der Waals surface area contributed by atoms with Crippen molar-refractivity contribution >= 4 is 29.1 Å². The van der Waals surface area contributed by atoms with E-state index in [0.29, 0.717) is 21.8 Å². The topological polar surface area (TPSA) is 78.4 Å².